The molecule has 3 rings (SSSR count). The van der Waals surface area contributed by atoms with Crippen LogP contribution in [-0.2, 0) is 11.8 Å². The Morgan fingerprint density at radius 2 is 1.91 bits per heavy atom. The number of aromatic hydroxyl groups is 1. The normalized spacial score (nSPS) is 29.1. The lowest BCUT2D eigenvalue weighted by molar-refractivity contribution is 0.0387. The monoisotopic (exact) mass is 316 g/mol. The molecular formula is C21H32O2. The second-order valence-corrected chi connectivity index (χ2v) is 8.88. The van der Waals surface area contributed by atoms with Gasteiger partial charge in [-0.3, -0.25) is 0 Å². The number of benzene rings is 1. The predicted molar refractivity (Wildman–Crippen MR) is 95.5 cm³/mol. The molecular weight excluding hydrogens is 284 g/mol. The maximum atomic E-state index is 10.9. The third kappa shape index (κ3) is 2.37. The van der Waals surface area contributed by atoms with Crippen LogP contribution in [0.3, 0.4) is 0 Å². The van der Waals surface area contributed by atoms with Crippen molar-refractivity contribution in [2.75, 3.05) is 7.11 Å². The Bertz CT molecular complexity index is 615. The number of rotatable bonds is 2. The van der Waals surface area contributed by atoms with Crippen LogP contribution < -0.4 is 4.74 Å². The Morgan fingerprint density at radius 1 is 1.22 bits per heavy atom. The summed E-state index contributed by atoms with van der Waals surface area (Å²) < 4.78 is 5.83. The van der Waals surface area contributed by atoms with Crippen LogP contribution in [0.1, 0.15) is 82.9 Å². The van der Waals surface area contributed by atoms with Crippen molar-refractivity contribution in [3.63, 3.8) is 0 Å². The Balaban J connectivity index is 2.23. The van der Waals surface area contributed by atoms with Gasteiger partial charge in [-0.25, -0.2) is 0 Å². The smallest absolute Gasteiger partial charge is 0.126 e. The molecule has 0 aliphatic heterocycles. The molecule has 128 valence electrons. The fourth-order valence-corrected chi connectivity index (χ4v) is 5.69. The topological polar surface area (TPSA) is 29.5 Å². The predicted octanol–water partition coefficient (Wildman–Crippen LogP) is 5.55. The fraction of sp³-hybridized carbons (Fsp3) is 0.714. The van der Waals surface area contributed by atoms with Crippen molar-refractivity contribution in [1.29, 1.82) is 0 Å². The highest BCUT2D eigenvalue weighted by atomic mass is 16.5. The molecule has 0 unspecified atom stereocenters. The molecule has 0 heterocycles. The Kier molecular flexibility index (Phi) is 3.93. The van der Waals surface area contributed by atoms with Gasteiger partial charge in [-0.15, -0.1) is 0 Å². The number of ether oxygens (including phenoxy) is 1. The lowest BCUT2D eigenvalue weighted by atomic mass is 9.50. The van der Waals surface area contributed by atoms with Crippen LogP contribution in [0.25, 0.3) is 0 Å². The first-order chi connectivity index (χ1) is 10.7. The molecule has 0 spiro atoms. The maximum absolute atomic E-state index is 10.9. The van der Waals surface area contributed by atoms with E-state index in [1.165, 1.54) is 36.8 Å². The summed E-state index contributed by atoms with van der Waals surface area (Å²) in [6, 6.07) is 1.97. The standard InChI is InChI=1S/C21H32O2/c1-13(2)15-12-16(22)18-14(19(15)23-6)8-9-17-20(3,4)10-7-11-21(17,18)5/h12-13,17,22H,7-11H2,1-6H3/t17-,21-/m0/s1. The van der Waals surface area contributed by atoms with Crippen LogP contribution in [0.15, 0.2) is 6.07 Å². The van der Waals surface area contributed by atoms with E-state index < -0.39 is 0 Å². The highest BCUT2D eigenvalue weighted by Gasteiger charge is 2.51. The second kappa shape index (κ2) is 5.43. The van der Waals surface area contributed by atoms with Crippen LogP contribution >= 0.6 is 0 Å². The number of hydrogen-bond acceptors (Lipinski definition) is 2. The van der Waals surface area contributed by atoms with Gasteiger partial charge in [0.2, 0.25) is 0 Å². The minimum Gasteiger partial charge on any atom is -0.508 e. The molecule has 1 aromatic rings. The molecule has 2 nitrogen and oxygen atoms in total. The van der Waals surface area contributed by atoms with E-state index in [0.717, 1.165) is 17.7 Å². The van der Waals surface area contributed by atoms with E-state index in [-0.39, 0.29) is 5.41 Å². The Morgan fingerprint density at radius 3 is 2.52 bits per heavy atom. The molecule has 1 N–H and O–H groups in total. The van der Waals surface area contributed by atoms with Gasteiger partial charge in [-0.1, -0.05) is 41.0 Å². The summed E-state index contributed by atoms with van der Waals surface area (Å²) in [5.74, 6) is 2.51. The molecule has 23 heavy (non-hydrogen) atoms. The van der Waals surface area contributed by atoms with E-state index in [4.69, 9.17) is 4.74 Å². The van der Waals surface area contributed by atoms with E-state index in [9.17, 15) is 5.11 Å². The average molecular weight is 316 g/mol. The molecule has 2 heteroatoms. The molecule has 1 aromatic carbocycles. The molecule has 0 saturated heterocycles. The van der Waals surface area contributed by atoms with Crippen LogP contribution in [0.5, 0.6) is 11.5 Å². The van der Waals surface area contributed by atoms with Crippen LogP contribution in [0.4, 0.5) is 0 Å². The summed E-state index contributed by atoms with van der Waals surface area (Å²) in [5.41, 5.74) is 4.01. The van der Waals surface area contributed by atoms with E-state index in [0.29, 0.717) is 23.0 Å². The van der Waals surface area contributed by atoms with E-state index in [1.54, 1.807) is 7.11 Å². The first-order valence-electron chi connectivity index (χ1n) is 9.15. The number of fused-ring (bicyclic) bond motifs is 3. The molecule has 2 aliphatic carbocycles. The lowest BCUT2D eigenvalue weighted by Crippen LogP contribution is -2.48. The molecule has 0 radical (unpaired) electrons. The third-order valence-corrected chi connectivity index (χ3v) is 6.70. The van der Waals surface area contributed by atoms with Gasteiger partial charge in [-0.2, -0.15) is 0 Å². The zero-order valence-corrected chi connectivity index (χ0v) is 15.6. The summed E-state index contributed by atoms with van der Waals surface area (Å²) in [6.07, 6.45) is 5.94. The highest BCUT2D eigenvalue weighted by molar-refractivity contribution is 5.58. The van der Waals surface area contributed by atoms with Crippen molar-refractivity contribution >= 4 is 0 Å². The Hall–Kier alpha value is -1.18. The van der Waals surface area contributed by atoms with E-state index in [1.807, 2.05) is 6.07 Å². The summed E-state index contributed by atoms with van der Waals surface area (Å²) >= 11 is 0. The molecule has 2 aliphatic rings. The second-order valence-electron chi connectivity index (χ2n) is 8.88. The molecule has 0 aromatic heterocycles. The summed E-state index contributed by atoms with van der Waals surface area (Å²) in [7, 11) is 1.78. The van der Waals surface area contributed by atoms with Gasteiger partial charge in [-0.05, 0) is 54.4 Å². The fourth-order valence-electron chi connectivity index (χ4n) is 5.69. The lowest BCUT2D eigenvalue weighted by Gasteiger charge is -2.54. The highest BCUT2D eigenvalue weighted by Crippen LogP contribution is 2.60. The Labute approximate surface area is 141 Å². The van der Waals surface area contributed by atoms with Gasteiger partial charge in [0.25, 0.3) is 0 Å². The van der Waals surface area contributed by atoms with E-state index >= 15 is 0 Å². The van der Waals surface area contributed by atoms with Gasteiger partial charge in [0.1, 0.15) is 11.5 Å². The van der Waals surface area contributed by atoms with Crippen molar-refractivity contribution in [2.45, 2.75) is 78.1 Å². The number of hydrogen-bond donors (Lipinski definition) is 1. The largest absolute Gasteiger partial charge is 0.508 e. The van der Waals surface area contributed by atoms with E-state index in [2.05, 4.69) is 34.6 Å². The van der Waals surface area contributed by atoms with Crippen LogP contribution in [0.2, 0.25) is 0 Å². The minimum absolute atomic E-state index is 0.0716. The SMILES string of the molecule is COc1c(C(C)C)cc(O)c2c1CC[C@H]1C(C)(C)CCC[C@]21C. The zero-order valence-electron chi connectivity index (χ0n) is 15.6. The van der Waals surface area contributed by atoms with Crippen molar-refractivity contribution in [3.8, 4) is 11.5 Å². The molecule has 1 fully saturated rings. The van der Waals surface area contributed by atoms with Crippen LogP contribution in [0, 0.1) is 11.3 Å². The number of phenolic OH excluding ortho intramolecular Hbond substituents is 1. The summed E-state index contributed by atoms with van der Waals surface area (Å²) in [5, 5.41) is 10.9. The quantitative estimate of drug-likeness (QED) is 0.774. The van der Waals surface area contributed by atoms with Gasteiger partial charge in [0, 0.05) is 16.7 Å². The van der Waals surface area contributed by atoms with Crippen LogP contribution in [-0.4, -0.2) is 12.2 Å². The summed E-state index contributed by atoms with van der Waals surface area (Å²) in [6.45, 7) is 11.5. The number of phenols is 1. The minimum atomic E-state index is 0.0716. The first-order valence-corrected chi connectivity index (χ1v) is 9.15. The summed E-state index contributed by atoms with van der Waals surface area (Å²) in [4.78, 5) is 0. The van der Waals surface area contributed by atoms with Gasteiger partial charge in [0.15, 0.2) is 0 Å². The van der Waals surface area contributed by atoms with Gasteiger partial charge < -0.3 is 9.84 Å². The number of methoxy groups -OCH3 is 1. The average Bonchev–Trinajstić information content (AvgIpc) is 2.45. The molecule has 0 amide bonds. The van der Waals surface area contributed by atoms with Gasteiger partial charge >= 0.3 is 0 Å². The molecule has 0 bridgehead atoms. The third-order valence-electron chi connectivity index (χ3n) is 6.70. The zero-order chi connectivity index (χ0) is 17.0. The maximum Gasteiger partial charge on any atom is 0.126 e. The molecule has 2 atom stereocenters. The van der Waals surface area contributed by atoms with Crippen molar-refractivity contribution in [3.05, 3.63) is 22.8 Å². The molecule has 1 saturated carbocycles. The first kappa shape index (κ1) is 16.7. The van der Waals surface area contributed by atoms with Crippen molar-refractivity contribution < 1.29 is 9.84 Å². The van der Waals surface area contributed by atoms with Crippen molar-refractivity contribution in [2.24, 2.45) is 11.3 Å². The van der Waals surface area contributed by atoms with Crippen molar-refractivity contribution in [1.82, 2.24) is 0 Å². The van der Waals surface area contributed by atoms with Gasteiger partial charge in [0.05, 0.1) is 7.11 Å².